The molecule has 0 radical (unpaired) electrons. The van der Waals surface area contributed by atoms with Crippen LogP contribution in [-0.2, 0) is 16.0 Å². The van der Waals surface area contributed by atoms with E-state index in [1.807, 2.05) is 52.3 Å². The molecule has 1 aliphatic rings. The number of methoxy groups -OCH3 is 3. The first kappa shape index (κ1) is 31.3. The average molecular weight is 555 g/mol. The number of carbonyl (C=O) groups is 2. The number of rotatable bonds is 10. The summed E-state index contributed by atoms with van der Waals surface area (Å²) in [5, 5.41) is 0. The molecule has 2 aromatic carbocycles. The van der Waals surface area contributed by atoms with E-state index in [0.29, 0.717) is 74.4 Å². The number of ether oxygens (including phenoxy) is 4. The fourth-order valence-corrected chi connectivity index (χ4v) is 5.17. The number of carbonyl (C=O) groups excluding carboxylic acids is 2. The molecular weight excluding hydrogens is 508 g/mol. The van der Waals surface area contributed by atoms with Crippen molar-refractivity contribution in [3.63, 3.8) is 0 Å². The molecule has 0 aliphatic carbocycles. The fourth-order valence-electron chi connectivity index (χ4n) is 5.17. The van der Waals surface area contributed by atoms with Crippen LogP contribution in [0.4, 0.5) is 0 Å². The first-order valence-corrected chi connectivity index (χ1v) is 14.4. The highest BCUT2D eigenvalue weighted by molar-refractivity contribution is 5.97. The number of fused-ring (bicyclic) bond motifs is 1. The van der Waals surface area contributed by atoms with Crippen molar-refractivity contribution in [2.75, 3.05) is 54.2 Å². The molecule has 0 bridgehead atoms. The van der Waals surface area contributed by atoms with Gasteiger partial charge < -0.3 is 28.7 Å². The van der Waals surface area contributed by atoms with E-state index in [4.69, 9.17) is 18.9 Å². The third-order valence-electron chi connectivity index (χ3n) is 7.31. The monoisotopic (exact) mass is 554 g/mol. The molecule has 8 nitrogen and oxygen atoms in total. The molecule has 0 spiro atoms. The van der Waals surface area contributed by atoms with E-state index in [2.05, 4.69) is 13.8 Å². The van der Waals surface area contributed by atoms with Crippen molar-refractivity contribution in [1.82, 2.24) is 9.80 Å². The van der Waals surface area contributed by atoms with Crippen LogP contribution in [0.1, 0.15) is 61.9 Å². The van der Waals surface area contributed by atoms with Crippen molar-refractivity contribution in [2.45, 2.75) is 58.4 Å². The van der Waals surface area contributed by atoms with Gasteiger partial charge in [-0.25, -0.2) is 0 Å². The maximum Gasteiger partial charge on any atom is 0.257 e. The van der Waals surface area contributed by atoms with E-state index in [-0.39, 0.29) is 17.9 Å². The Labute approximate surface area is 239 Å². The second kappa shape index (κ2) is 16.1. The van der Waals surface area contributed by atoms with E-state index in [1.165, 1.54) is 0 Å². The second-order valence-electron chi connectivity index (χ2n) is 10.7. The Hall–Kier alpha value is -3.26. The number of nitrogens with zero attached hydrogens (tertiary/aromatic N) is 2. The quantitative estimate of drug-likeness (QED) is 0.400. The van der Waals surface area contributed by atoms with Crippen LogP contribution in [0.2, 0.25) is 0 Å². The maximum absolute atomic E-state index is 13.7. The van der Waals surface area contributed by atoms with Crippen molar-refractivity contribution < 1.29 is 28.5 Å². The van der Waals surface area contributed by atoms with E-state index < -0.39 is 0 Å². The maximum atomic E-state index is 13.7. The van der Waals surface area contributed by atoms with Crippen molar-refractivity contribution in [3.8, 4) is 17.2 Å². The van der Waals surface area contributed by atoms with Gasteiger partial charge in [0.05, 0.1) is 32.4 Å². The van der Waals surface area contributed by atoms with Crippen LogP contribution in [0.15, 0.2) is 42.5 Å². The average Bonchev–Trinajstić information content (AvgIpc) is 2.97. The van der Waals surface area contributed by atoms with Crippen LogP contribution >= 0.6 is 0 Å². The van der Waals surface area contributed by atoms with Crippen LogP contribution in [-0.4, -0.2) is 81.8 Å². The van der Waals surface area contributed by atoms with Crippen LogP contribution in [0, 0.1) is 5.92 Å². The van der Waals surface area contributed by atoms with Crippen LogP contribution in [0.3, 0.4) is 0 Å². The summed E-state index contributed by atoms with van der Waals surface area (Å²) >= 11 is 0. The zero-order valence-electron chi connectivity index (χ0n) is 24.8. The Morgan fingerprint density at radius 3 is 2.48 bits per heavy atom. The molecule has 40 heavy (non-hydrogen) atoms. The summed E-state index contributed by atoms with van der Waals surface area (Å²) in [5.74, 6) is 2.34. The lowest BCUT2D eigenvalue weighted by molar-refractivity contribution is -0.134. The summed E-state index contributed by atoms with van der Waals surface area (Å²) in [4.78, 5) is 31.1. The number of hydrogen-bond acceptors (Lipinski definition) is 6. The molecule has 0 fully saturated rings. The fraction of sp³-hybridized carbons (Fsp3) is 0.562. The van der Waals surface area contributed by atoms with Gasteiger partial charge in [-0.1, -0.05) is 32.0 Å². The summed E-state index contributed by atoms with van der Waals surface area (Å²) in [6.07, 6.45) is 4.48. The van der Waals surface area contributed by atoms with Gasteiger partial charge in [-0.3, -0.25) is 9.59 Å². The number of para-hydroxylation sites is 1. The zero-order chi connectivity index (χ0) is 28.9. The van der Waals surface area contributed by atoms with Crippen LogP contribution < -0.4 is 14.2 Å². The molecule has 0 saturated carbocycles. The molecule has 1 heterocycles. The molecule has 0 aromatic heterocycles. The largest absolute Gasteiger partial charge is 0.493 e. The minimum Gasteiger partial charge on any atom is -0.493 e. The van der Waals surface area contributed by atoms with Gasteiger partial charge in [0.2, 0.25) is 5.91 Å². The van der Waals surface area contributed by atoms with Crippen molar-refractivity contribution >= 4 is 11.8 Å². The lowest BCUT2D eigenvalue weighted by Crippen LogP contribution is -2.45. The van der Waals surface area contributed by atoms with Crippen molar-refractivity contribution in [3.05, 3.63) is 53.6 Å². The first-order chi connectivity index (χ1) is 19.4. The molecule has 0 saturated heterocycles. The van der Waals surface area contributed by atoms with Crippen LogP contribution in [0.25, 0.3) is 0 Å². The highest BCUT2D eigenvalue weighted by Crippen LogP contribution is 2.28. The van der Waals surface area contributed by atoms with Gasteiger partial charge in [0, 0.05) is 33.2 Å². The Bertz CT molecular complexity index is 1090. The Morgan fingerprint density at radius 2 is 1.75 bits per heavy atom. The van der Waals surface area contributed by atoms with Gasteiger partial charge in [0.25, 0.3) is 5.91 Å². The molecule has 220 valence electrons. The van der Waals surface area contributed by atoms with Gasteiger partial charge in [0.15, 0.2) is 11.5 Å². The first-order valence-electron chi connectivity index (χ1n) is 14.4. The highest BCUT2D eigenvalue weighted by atomic mass is 16.5. The predicted molar refractivity (Wildman–Crippen MR) is 156 cm³/mol. The number of aryl methyl sites for hydroxylation is 1. The van der Waals surface area contributed by atoms with Gasteiger partial charge >= 0.3 is 0 Å². The van der Waals surface area contributed by atoms with Crippen molar-refractivity contribution in [2.24, 2.45) is 5.92 Å². The molecule has 1 atom stereocenters. The third kappa shape index (κ3) is 8.88. The molecule has 0 unspecified atom stereocenters. The highest BCUT2D eigenvalue weighted by Gasteiger charge is 2.27. The minimum absolute atomic E-state index is 0.0461. The van der Waals surface area contributed by atoms with Gasteiger partial charge in [-0.15, -0.1) is 0 Å². The van der Waals surface area contributed by atoms with E-state index in [9.17, 15) is 9.59 Å². The second-order valence-corrected chi connectivity index (χ2v) is 10.7. The number of amides is 2. The predicted octanol–water partition coefficient (Wildman–Crippen LogP) is 5.23. The zero-order valence-corrected chi connectivity index (χ0v) is 24.8. The molecule has 2 aromatic rings. The van der Waals surface area contributed by atoms with Gasteiger partial charge in [-0.05, 0) is 67.9 Å². The van der Waals surface area contributed by atoms with E-state index in [1.54, 1.807) is 21.3 Å². The Morgan fingerprint density at radius 1 is 1.00 bits per heavy atom. The molecule has 3 rings (SSSR count). The normalized spacial score (nSPS) is 16.9. The van der Waals surface area contributed by atoms with Gasteiger partial charge in [0.1, 0.15) is 12.4 Å². The molecule has 2 amide bonds. The number of hydrogen-bond donors (Lipinski definition) is 0. The summed E-state index contributed by atoms with van der Waals surface area (Å²) in [6, 6.07) is 13.1. The summed E-state index contributed by atoms with van der Waals surface area (Å²) in [6.45, 7) is 6.98. The lowest BCUT2D eigenvalue weighted by Gasteiger charge is -2.33. The Balaban J connectivity index is 1.82. The minimum atomic E-state index is -0.0913. The smallest absolute Gasteiger partial charge is 0.257 e. The molecule has 1 aliphatic heterocycles. The van der Waals surface area contributed by atoms with E-state index in [0.717, 1.165) is 31.2 Å². The van der Waals surface area contributed by atoms with Gasteiger partial charge in [-0.2, -0.15) is 0 Å². The summed E-state index contributed by atoms with van der Waals surface area (Å²) < 4.78 is 22.4. The lowest BCUT2D eigenvalue weighted by atomic mass is 10.0. The van der Waals surface area contributed by atoms with E-state index >= 15 is 0 Å². The van der Waals surface area contributed by atoms with Crippen LogP contribution in [0.5, 0.6) is 17.2 Å². The standard InChI is InChI=1S/C32H46N2O6/c1-24(2)21-26-23-40-28-12-8-7-11-27(28)32(36)33(19-20-37-3)17-9-6-10-18-34(26)31(35)16-14-25-13-15-29(38-4)30(22-25)39-5/h7-8,11-13,15,22,24,26H,6,9-10,14,16-21,23H2,1-5H3/t26-/m0/s1. The molecule has 0 N–H and O–H groups in total. The number of benzene rings is 2. The third-order valence-corrected chi connectivity index (χ3v) is 7.31. The molecule has 8 heteroatoms. The topological polar surface area (TPSA) is 77.5 Å². The van der Waals surface area contributed by atoms with Crippen molar-refractivity contribution in [1.29, 1.82) is 0 Å². The molecular formula is C32H46N2O6. The SMILES string of the molecule is COCCN1CCCCCN(C(=O)CCc2ccc(OC)c(OC)c2)[C@@H](CC(C)C)COc2ccccc2C1=O. The Kier molecular flexibility index (Phi) is 12.6. The summed E-state index contributed by atoms with van der Waals surface area (Å²) in [7, 11) is 4.88. The summed E-state index contributed by atoms with van der Waals surface area (Å²) in [5.41, 5.74) is 1.57.